The number of rotatable bonds is 1. The minimum absolute atomic E-state index is 0.214. The molecule has 0 spiro atoms. The van der Waals surface area contributed by atoms with Crippen LogP contribution in [0.25, 0.3) is 11.0 Å². The fourth-order valence-electron chi connectivity index (χ4n) is 7.75. The summed E-state index contributed by atoms with van der Waals surface area (Å²) in [6.45, 7) is 5.04. The molecule has 0 aliphatic heterocycles. The van der Waals surface area contributed by atoms with Crippen molar-refractivity contribution in [2.24, 2.45) is 28.6 Å². The molecule has 1 heterocycles. The van der Waals surface area contributed by atoms with Crippen LogP contribution in [0.2, 0.25) is 0 Å². The van der Waals surface area contributed by atoms with Crippen LogP contribution < -0.4 is 0 Å². The summed E-state index contributed by atoms with van der Waals surface area (Å²) < 4.78 is 2.43. The minimum Gasteiger partial charge on any atom is -0.389 e. The third-order valence-electron chi connectivity index (χ3n) is 9.34. The van der Waals surface area contributed by atoms with Crippen molar-refractivity contribution in [3.63, 3.8) is 0 Å². The molecule has 4 unspecified atom stereocenters. The Morgan fingerprint density at radius 2 is 1.93 bits per heavy atom. The molecule has 2 fully saturated rings. The maximum Gasteiger partial charge on any atom is 0.0964 e. The van der Waals surface area contributed by atoms with Crippen LogP contribution in [0.4, 0.5) is 0 Å². The van der Waals surface area contributed by atoms with Crippen molar-refractivity contribution in [2.45, 2.75) is 64.5 Å². The predicted molar refractivity (Wildman–Crippen MR) is 116 cm³/mol. The summed E-state index contributed by atoms with van der Waals surface area (Å²) in [6, 6.07) is 8.94. The van der Waals surface area contributed by atoms with Crippen molar-refractivity contribution in [3.8, 4) is 0 Å². The van der Waals surface area contributed by atoms with Crippen LogP contribution in [0.1, 0.15) is 58.4 Å². The number of allylic oxidation sites excluding steroid dienone is 3. The first-order valence-corrected chi connectivity index (χ1v) is 11.5. The van der Waals surface area contributed by atoms with Crippen molar-refractivity contribution in [1.82, 2.24) is 9.55 Å². The third-order valence-corrected chi connectivity index (χ3v) is 9.34. The lowest BCUT2D eigenvalue weighted by atomic mass is 9.47. The predicted octanol–water partition coefficient (Wildman–Crippen LogP) is 5.68. The molecule has 0 amide bonds. The summed E-state index contributed by atoms with van der Waals surface area (Å²) >= 11 is 0. The summed E-state index contributed by atoms with van der Waals surface area (Å²) in [5.74, 6) is 2.18. The van der Waals surface area contributed by atoms with Crippen molar-refractivity contribution in [2.75, 3.05) is 0 Å². The molecule has 4 aliphatic carbocycles. The van der Waals surface area contributed by atoms with E-state index in [0.29, 0.717) is 17.4 Å². The molecule has 0 bridgehead atoms. The Bertz CT molecular complexity index is 1020. The Hall–Kier alpha value is -1.87. The molecular weight excluding hydrogens is 356 g/mol. The first-order chi connectivity index (χ1) is 14.0. The highest BCUT2D eigenvalue weighted by Crippen LogP contribution is 2.65. The zero-order chi connectivity index (χ0) is 19.8. The van der Waals surface area contributed by atoms with Crippen LogP contribution in [0.15, 0.2) is 54.4 Å². The molecule has 6 rings (SSSR count). The van der Waals surface area contributed by atoms with Crippen molar-refractivity contribution < 1.29 is 5.11 Å². The van der Waals surface area contributed by atoms with Crippen molar-refractivity contribution in [3.05, 3.63) is 54.4 Å². The molecule has 1 aromatic carbocycles. The first-order valence-electron chi connectivity index (χ1n) is 11.5. The Balaban J connectivity index is 1.36. The molecule has 2 aromatic rings. The quantitative estimate of drug-likeness (QED) is 0.639. The van der Waals surface area contributed by atoms with Gasteiger partial charge in [0, 0.05) is 0 Å². The molecule has 0 saturated heterocycles. The summed E-state index contributed by atoms with van der Waals surface area (Å²) in [5.41, 5.74) is 4.49. The van der Waals surface area contributed by atoms with Gasteiger partial charge in [-0.25, -0.2) is 4.98 Å². The smallest absolute Gasteiger partial charge is 0.0964 e. The average molecular weight is 389 g/mol. The Morgan fingerprint density at radius 1 is 1.07 bits per heavy atom. The van der Waals surface area contributed by atoms with Gasteiger partial charge in [-0.05, 0) is 79.2 Å². The zero-order valence-electron chi connectivity index (χ0n) is 17.6. The highest BCUT2D eigenvalue weighted by atomic mass is 16.3. The number of hydrogen-bond acceptors (Lipinski definition) is 2. The van der Waals surface area contributed by atoms with Crippen LogP contribution in [-0.4, -0.2) is 20.8 Å². The molecular formula is C26H32N2O. The van der Waals surface area contributed by atoms with Gasteiger partial charge in [-0.1, -0.05) is 49.8 Å². The van der Waals surface area contributed by atoms with E-state index in [1.165, 1.54) is 31.2 Å². The normalized spacial score (nSPS) is 43.6. The van der Waals surface area contributed by atoms with E-state index in [1.807, 2.05) is 0 Å². The summed E-state index contributed by atoms with van der Waals surface area (Å²) in [5, 5.41) is 10.2. The van der Waals surface area contributed by atoms with E-state index < -0.39 is 0 Å². The van der Waals surface area contributed by atoms with Crippen molar-refractivity contribution in [1.29, 1.82) is 0 Å². The number of para-hydroxylation sites is 2. The van der Waals surface area contributed by atoms with Gasteiger partial charge in [0.1, 0.15) is 0 Å². The first kappa shape index (κ1) is 17.9. The highest BCUT2D eigenvalue weighted by molar-refractivity contribution is 5.75. The fraction of sp³-hybridized carbons (Fsp3) is 0.577. The van der Waals surface area contributed by atoms with Gasteiger partial charge in [0.15, 0.2) is 0 Å². The van der Waals surface area contributed by atoms with E-state index in [0.717, 1.165) is 30.2 Å². The van der Waals surface area contributed by atoms with E-state index in [9.17, 15) is 5.11 Å². The third kappa shape index (κ3) is 2.37. The maximum absolute atomic E-state index is 10.2. The molecule has 3 nitrogen and oxygen atoms in total. The number of fused-ring (bicyclic) bond motifs is 6. The number of imidazole rings is 1. The lowest BCUT2D eigenvalue weighted by Gasteiger charge is -2.58. The van der Waals surface area contributed by atoms with E-state index in [2.05, 4.69) is 72.2 Å². The van der Waals surface area contributed by atoms with Crippen LogP contribution in [0.5, 0.6) is 0 Å². The summed E-state index contributed by atoms with van der Waals surface area (Å²) in [7, 11) is 0. The Labute approximate surface area is 173 Å². The van der Waals surface area contributed by atoms with Crippen molar-refractivity contribution >= 4 is 11.0 Å². The second kappa shape index (κ2) is 6.07. The second-order valence-corrected chi connectivity index (χ2v) is 10.6. The number of aliphatic hydroxyl groups is 1. The molecule has 4 aliphatic rings. The average Bonchev–Trinajstić information content (AvgIpc) is 3.29. The monoisotopic (exact) mass is 388 g/mol. The topological polar surface area (TPSA) is 38.0 Å². The lowest BCUT2D eigenvalue weighted by Crippen LogP contribution is -2.51. The number of aromatic nitrogens is 2. The van der Waals surface area contributed by atoms with Gasteiger partial charge in [-0.15, -0.1) is 0 Å². The van der Waals surface area contributed by atoms with Gasteiger partial charge in [0.25, 0.3) is 0 Å². The lowest BCUT2D eigenvalue weighted by molar-refractivity contribution is -0.0425. The maximum atomic E-state index is 10.2. The minimum atomic E-state index is -0.214. The van der Waals surface area contributed by atoms with Gasteiger partial charge in [0.2, 0.25) is 0 Å². The van der Waals surface area contributed by atoms with Gasteiger partial charge >= 0.3 is 0 Å². The van der Waals surface area contributed by atoms with Crippen LogP contribution in [0.3, 0.4) is 0 Å². The molecule has 0 radical (unpaired) electrons. The van der Waals surface area contributed by atoms with Crippen LogP contribution >= 0.6 is 0 Å². The number of nitrogens with zero attached hydrogens (tertiary/aromatic N) is 2. The molecule has 3 heteroatoms. The SMILES string of the molecule is C[C@]12CCC3C(CCC4=C[C@@H](O)CC[C@@]43C)C1C=CC2n1cnc2ccccc21. The zero-order valence-corrected chi connectivity index (χ0v) is 17.6. The van der Waals surface area contributed by atoms with E-state index in [4.69, 9.17) is 0 Å². The molecule has 2 saturated carbocycles. The van der Waals surface area contributed by atoms with Gasteiger partial charge in [0.05, 0.1) is 29.5 Å². The molecule has 1 N–H and O–H groups in total. The van der Waals surface area contributed by atoms with E-state index >= 15 is 0 Å². The van der Waals surface area contributed by atoms with Gasteiger partial charge in [-0.3, -0.25) is 0 Å². The summed E-state index contributed by atoms with van der Waals surface area (Å²) in [4.78, 5) is 4.68. The number of benzene rings is 1. The fourth-order valence-corrected chi connectivity index (χ4v) is 7.75. The highest BCUT2D eigenvalue weighted by Gasteiger charge is 2.57. The van der Waals surface area contributed by atoms with E-state index in [1.54, 1.807) is 5.57 Å². The van der Waals surface area contributed by atoms with Crippen LogP contribution in [-0.2, 0) is 0 Å². The summed E-state index contributed by atoms with van der Waals surface area (Å²) in [6.07, 6.45) is 16.2. The molecule has 7 atom stereocenters. The number of aliphatic hydroxyl groups excluding tert-OH is 1. The van der Waals surface area contributed by atoms with E-state index in [-0.39, 0.29) is 11.5 Å². The van der Waals surface area contributed by atoms with Gasteiger partial charge < -0.3 is 9.67 Å². The standard InChI is InChI=1S/C26H32N2O/c1-25-13-11-18(29)15-17(25)7-8-19-20-9-10-24(26(20,2)14-12-21(19)25)28-16-27-22-5-3-4-6-23(22)28/h3-6,9-10,15-16,18-21,24,29H,7-8,11-14H2,1-2H3/t18-,19?,20?,21?,24?,25-,26-/m0/s1. The Morgan fingerprint density at radius 3 is 2.83 bits per heavy atom. The Kier molecular flexibility index (Phi) is 3.76. The second-order valence-electron chi connectivity index (χ2n) is 10.6. The van der Waals surface area contributed by atoms with Crippen LogP contribution in [0, 0.1) is 28.6 Å². The molecule has 29 heavy (non-hydrogen) atoms. The molecule has 1 aromatic heterocycles. The number of hydrogen-bond donors (Lipinski definition) is 1. The molecule has 152 valence electrons. The van der Waals surface area contributed by atoms with Gasteiger partial charge in [-0.2, -0.15) is 0 Å². The largest absolute Gasteiger partial charge is 0.389 e.